The zero-order valence-corrected chi connectivity index (χ0v) is 13.3. The molecule has 3 rings (SSSR count). The molecule has 1 aliphatic heterocycles. The van der Waals surface area contributed by atoms with Crippen LogP contribution in [0.15, 0.2) is 22.7 Å². The summed E-state index contributed by atoms with van der Waals surface area (Å²) in [5, 5.41) is 3.49. The van der Waals surface area contributed by atoms with Gasteiger partial charge in [-0.25, -0.2) is 4.39 Å². The third kappa shape index (κ3) is 3.80. The average Bonchev–Trinajstić information content (AvgIpc) is 3.28. The zero-order valence-electron chi connectivity index (χ0n) is 11.7. The van der Waals surface area contributed by atoms with Crippen LogP contribution in [0.4, 0.5) is 4.39 Å². The first kappa shape index (κ1) is 14.5. The van der Waals surface area contributed by atoms with E-state index >= 15 is 0 Å². The molecule has 0 bridgehead atoms. The summed E-state index contributed by atoms with van der Waals surface area (Å²) in [5.41, 5.74) is 1.07. The number of hydrogen-bond donors (Lipinski definition) is 1. The summed E-state index contributed by atoms with van der Waals surface area (Å²) in [5.74, 6) is 0.606. The number of halogens is 2. The van der Waals surface area contributed by atoms with Gasteiger partial charge in [0, 0.05) is 23.6 Å². The van der Waals surface area contributed by atoms with E-state index in [1.54, 1.807) is 6.07 Å². The van der Waals surface area contributed by atoms with E-state index in [-0.39, 0.29) is 5.82 Å². The maximum absolute atomic E-state index is 13.4. The Morgan fingerprint density at radius 2 is 2.15 bits per heavy atom. The summed E-state index contributed by atoms with van der Waals surface area (Å²) in [4.78, 5) is 2.55. The van der Waals surface area contributed by atoms with Crippen LogP contribution in [0.25, 0.3) is 0 Å². The third-order valence-corrected chi connectivity index (χ3v) is 5.11. The van der Waals surface area contributed by atoms with Crippen molar-refractivity contribution in [3.63, 3.8) is 0 Å². The fourth-order valence-corrected chi connectivity index (χ4v) is 3.45. The van der Waals surface area contributed by atoms with Crippen molar-refractivity contribution in [1.82, 2.24) is 10.2 Å². The summed E-state index contributed by atoms with van der Waals surface area (Å²) in [6, 6.07) is 5.71. The molecule has 0 spiro atoms. The summed E-state index contributed by atoms with van der Waals surface area (Å²) in [7, 11) is 0. The molecule has 1 N–H and O–H groups in total. The van der Waals surface area contributed by atoms with Gasteiger partial charge in [0.05, 0.1) is 0 Å². The minimum Gasteiger partial charge on any atom is -0.316 e. The summed E-state index contributed by atoms with van der Waals surface area (Å²) in [6.07, 6.45) is 5.20. The number of piperidine rings is 1. The van der Waals surface area contributed by atoms with Gasteiger partial charge in [-0.2, -0.15) is 0 Å². The molecule has 1 aliphatic carbocycles. The van der Waals surface area contributed by atoms with Crippen molar-refractivity contribution in [2.75, 3.05) is 19.6 Å². The molecule has 2 nitrogen and oxygen atoms in total. The lowest BCUT2D eigenvalue weighted by atomic mass is 9.98. The second-order valence-electron chi connectivity index (χ2n) is 6.11. The Morgan fingerprint density at radius 3 is 2.85 bits per heavy atom. The van der Waals surface area contributed by atoms with Crippen molar-refractivity contribution in [2.24, 2.45) is 5.92 Å². The van der Waals surface area contributed by atoms with Gasteiger partial charge in [-0.3, -0.25) is 4.90 Å². The predicted octanol–water partition coefficient (Wildman–Crippen LogP) is 3.55. The van der Waals surface area contributed by atoms with Gasteiger partial charge in [0.25, 0.3) is 0 Å². The van der Waals surface area contributed by atoms with Crippen LogP contribution >= 0.6 is 15.9 Å². The summed E-state index contributed by atoms with van der Waals surface area (Å²) >= 11 is 3.55. The smallest absolute Gasteiger partial charge is 0.123 e. The van der Waals surface area contributed by atoms with Crippen LogP contribution in [0.1, 0.15) is 31.2 Å². The highest BCUT2D eigenvalue weighted by Crippen LogP contribution is 2.31. The van der Waals surface area contributed by atoms with Crippen molar-refractivity contribution >= 4 is 15.9 Å². The highest BCUT2D eigenvalue weighted by molar-refractivity contribution is 9.10. The van der Waals surface area contributed by atoms with E-state index < -0.39 is 0 Å². The molecule has 1 unspecified atom stereocenters. The second-order valence-corrected chi connectivity index (χ2v) is 6.96. The highest BCUT2D eigenvalue weighted by atomic mass is 79.9. The lowest BCUT2D eigenvalue weighted by Crippen LogP contribution is -2.39. The van der Waals surface area contributed by atoms with E-state index in [0.29, 0.717) is 6.04 Å². The molecule has 20 heavy (non-hydrogen) atoms. The standard InChI is InChI=1S/C16H22BrFN2/c17-16-6-3-14(18)8-13(16)11-20(15-4-5-15)10-12-2-1-7-19-9-12/h3,6,8,12,15,19H,1-2,4-5,7,9-11H2. The van der Waals surface area contributed by atoms with Gasteiger partial charge < -0.3 is 5.32 Å². The van der Waals surface area contributed by atoms with Crippen LogP contribution < -0.4 is 5.32 Å². The van der Waals surface area contributed by atoms with E-state index in [2.05, 4.69) is 26.1 Å². The molecular formula is C16H22BrFN2. The summed E-state index contributed by atoms with van der Waals surface area (Å²) in [6.45, 7) is 4.29. The van der Waals surface area contributed by atoms with Gasteiger partial charge >= 0.3 is 0 Å². The fraction of sp³-hybridized carbons (Fsp3) is 0.625. The summed E-state index contributed by atoms with van der Waals surface area (Å²) < 4.78 is 14.4. The minimum atomic E-state index is -0.140. The molecule has 1 heterocycles. The Labute approximate surface area is 128 Å². The van der Waals surface area contributed by atoms with E-state index in [1.807, 2.05) is 6.07 Å². The molecule has 1 aromatic rings. The van der Waals surface area contributed by atoms with Gasteiger partial charge in [-0.05, 0) is 68.5 Å². The van der Waals surface area contributed by atoms with Crippen LogP contribution in [0.3, 0.4) is 0 Å². The molecule has 1 atom stereocenters. The van der Waals surface area contributed by atoms with E-state index in [0.717, 1.165) is 42.1 Å². The topological polar surface area (TPSA) is 15.3 Å². The Morgan fingerprint density at radius 1 is 1.30 bits per heavy atom. The molecule has 0 aromatic heterocycles. The Balaban J connectivity index is 1.66. The van der Waals surface area contributed by atoms with Crippen LogP contribution in [0, 0.1) is 11.7 Å². The Kier molecular flexibility index (Phi) is 4.74. The molecule has 1 saturated heterocycles. The molecule has 110 valence electrons. The molecular weight excluding hydrogens is 319 g/mol. The Bertz CT molecular complexity index is 456. The minimum absolute atomic E-state index is 0.140. The average molecular weight is 341 g/mol. The number of nitrogens with zero attached hydrogens (tertiary/aromatic N) is 1. The molecule has 4 heteroatoms. The SMILES string of the molecule is Fc1ccc(Br)c(CN(CC2CCCNC2)C2CC2)c1. The van der Waals surface area contributed by atoms with Crippen LogP contribution in [-0.2, 0) is 6.54 Å². The first-order valence-electron chi connectivity index (χ1n) is 7.61. The molecule has 1 aromatic carbocycles. The number of benzene rings is 1. The molecule has 2 aliphatic rings. The van der Waals surface area contributed by atoms with Crippen molar-refractivity contribution in [3.05, 3.63) is 34.1 Å². The first-order chi connectivity index (χ1) is 9.72. The largest absolute Gasteiger partial charge is 0.316 e. The molecule has 1 saturated carbocycles. The van der Waals surface area contributed by atoms with Crippen molar-refractivity contribution in [2.45, 2.75) is 38.3 Å². The molecule has 0 amide bonds. The van der Waals surface area contributed by atoms with Crippen molar-refractivity contribution < 1.29 is 4.39 Å². The van der Waals surface area contributed by atoms with Crippen LogP contribution in [0.2, 0.25) is 0 Å². The van der Waals surface area contributed by atoms with Crippen LogP contribution in [0.5, 0.6) is 0 Å². The normalized spacial score (nSPS) is 23.2. The predicted molar refractivity (Wildman–Crippen MR) is 83.1 cm³/mol. The van der Waals surface area contributed by atoms with Gasteiger partial charge in [0.2, 0.25) is 0 Å². The van der Waals surface area contributed by atoms with Crippen LogP contribution in [-0.4, -0.2) is 30.6 Å². The lowest BCUT2D eigenvalue weighted by Gasteiger charge is -2.30. The van der Waals surface area contributed by atoms with Gasteiger partial charge in [-0.15, -0.1) is 0 Å². The zero-order chi connectivity index (χ0) is 13.9. The third-order valence-electron chi connectivity index (χ3n) is 4.34. The number of nitrogens with one attached hydrogen (secondary N) is 1. The quantitative estimate of drug-likeness (QED) is 0.881. The number of hydrogen-bond acceptors (Lipinski definition) is 2. The maximum Gasteiger partial charge on any atom is 0.123 e. The van der Waals surface area contributed by atoms with Gasteiger partial charge in [-0.1, -0.05) is 15.9 Å². The fourth-order valence-electron chi connectivity index (χ4n) is 3.08. The highest BCUT2D eigenvalue weighted by Gasteiger charge is 2.31. The van der Waals surface area contributed by atoms with E-state index in [4.69, 9.17) is 0 Å². The van der Waals surface area contributed by atoms with Gasteiger partial charge in [0.1, 0.15) is 5.82 Å². The lowest BCUT2D eigenvalue weighted by molar-refractivity contribution is 0.192. The first-order valence-corrected chi connectivity index (χ1v) is 8.40. The second kappa shape index (κ2) is 6.54. The van der Waals surface area contributed by atoms with E-state index in [1.165, 1.54) is 31.7 Å². The monoisotopic (exact) mass is 340 g/mol. The van der Waals surface area contributed by atoms with E-state index in [9.17, 15) is 4.39 Å². The Hall–Kier alpha value is -0.450. The van der Waals surface area contributed by atoms with Gasteiger partial charge in [0.15, 0.2) is 0 Å². The number of rotatable bonds is 5. The van der Waals surface area contributed by atoms with Crippen molar-refractivity contribution in [3.8, 4) is 0 Å². The van der Waals surface area contributed by atoms with Crippen molar-refractivity contribution in [1.29, 1.82) is 0 Å². The molecule has 2 fully saturated rings. The maximum atomic E-state index is 13.4. The molecule has 0 radical (unpaired) electrons.